The average Bonchev–Trinajstić information content (AvgIpc) is 3.19. The lowest BCUT2D eigenvalue weighted by Gasteiger charge is -2.37. The lowest BCUT2D eigenvalue weighted by molar-refractivity contribution is -0.138. The summed E-state index contributed by atoms with van der Waals surface area (Å²) in [5.41, 5.74) is 4.98. The van der Waals surface area contributed by atoms with Crippen molar-refractivity contribution in [3.63, 3.8) is 0 Å². The number of carbonyl (C=O) groups is 1. The van der Waals surface area contributed by atoms with Crippen molar-refractivity contribution in [1.29, 1.82) is 0 Å². The van der Waals surface area contributed by atoms with Crippen LogP contribution in [0, 0.1) is 0 Å². The fraction of sp³-hybridized carbons (Fsp3) is 0.667. The predicted octanol–water partition coefficient (Wildman–Crippen LogP) is 5.09. The molecule has 2 saturated carbocycles. The number of nitrogens with two attached hydrogens (primary N) is 1. The van der Waals surface area contributed by atoms with Gasteiger partial charge in [-0.25, -0.2) is 0 Å². The van der Waals surface area contributed by atoms with Gasteiger partial charge < -0.3 is 15.8 Å². The molecule has 0 aliphatic heterocycles. The number of halogens is 3. The smallest absolute Gasteiger partial charge is 0.416 e. The van der Waals surface area contributed by atoms with Crippen LogP contribution in [0.3, 0.4) is 0 Å². The summed E-state index contributed by atoms with van der Waals surface area (Å²) in [5.74, 6) is -1.15. The van der Waals surface area contributed by atoms with Gasteiger partial charge in [0.15, 0.2) is 0 Å². The Labute approximate surface area is 174 Å². The van der Waals surface area contributed by atoms with Crippen molar-refractivity contribution in [2.45, 2.75) is 80.4 Å². The van der Waals surface area contributed by atoms with Crippen molar-refractivity contribution in [1.82, 2.24) is 5.32 Å². The van der Waals surface area contributed by atoms with Crippen LogP contribution in [0.1, 0.15) is 78.8 Å². The summed E-state index contributed by atoms with van der Waals surface area (Å²) < 4.78 is 47.7. The minimum atomic E-state index is -4.54. The number of nitrogens with one attached hydrogen (secondary N) is 1. The molecule has 1 aromatic carbocycles. The van der Waals surface area contributed by atoms with Gasteiger partial charge in [-0.05, 0) is 38.0 Å². The molecule has 3 N–H and O–H groups in total. The highest BCUT2D eigenvalue weighted by atomic mass is 32.2. The van der Waals surface area contributed by atoms with Gasteiger partial charge in [-0.15, -0.1) is 11.8 Å². The van der Waals surface area contributed by atoms with Gasteiger partial charge in [0.1, 0.15) is 5.75 Å². The summed E-state index contributed by atoms with van der Waals surface area (Å²) in [4.78, 5) is 12.3. The minimum absolute atomic E-state index is 0.0122. The van der Waals surface area contributed by atoms with E-state index in [1.165, 1.54) is 7.11 Å². The van der Waals surface area contributed by atoms with Gasteiger partial charge in [0, 0.05) is 28.5 Å². The number of rotatable bonds is 6. The maximum atomic E-state index is 14.1. The third-order valence-electron chi connectivity index (χ3n) is 6.20. The van der Waals surface area contributed by atoms with E-state index in [2.05, 4.69) is 5.32 Å². The average molecular weight is 431 g/mol. The van der Waals surface area contributed by atoms with Gasteiger partial charge in [-0.3, -0.25) is 4.79 Å². The highest BCUT2D eigenvalue weighted by Gasteiger charge is 2.42. The molecule has 2 aliphatic rings. The second-order valence-electron chi connectivity index (χ2n) is 7.96. The second kappa shape index (κ2) is 9.16. The number of benzene rings is 1. The van der Waals surface area contributed by atoms with E-state index in [1.54, 1.807) is 6.26 Å². The molecule has 0 bridgehead atoms. The number of thioether (sulfide) groups is 1. The topological polar surface area (TPSA) is 64.3 Å². The second-order valence-corrected chi connectivity index (χ2v) is 8.80. The first-order chi connectivity index (χ1) is 13.8. The van der Waals surface area contributed by atoms with E-state index < -0.39 is 17.6 Å². The Bertz CT molecular complexity index is 748. The quantitative estimate of drug-likeness (QED) is 0.617. The molecule has 4 nitrogen and oxygen atoms in total. The van der Waals surface area contributed by atoms with E-state index in [0.29, 0.717) is 12.5 Å². The summed E-state index contributed by atoms with van der Waals surface area (Å²) in [6, 6.07) is 1.36. The first-order valence-electron chi connectivity index (χ1n) is 10.2. The molecule has 1 aromatic rings. The summed E-state index contributed by atoms with van der Waals surface area (Å²) in [5, 5.41) is 3.63. The van der Waals surface area contributed by atoms with Gasteiger partial charge in [0.2, 0.25) is 0 Å². The molecule has 0 radical (unpaired) electrons. The van der Waals surface area contributed by atoms with Crippen molar-refractivity contribution in [2.75, 3.05) is 13.4 Å². The summed E-state index contributed by atoms with van der Waals surface area (Å²) in [7, 11) is 1.32. The van der Waals surface area contributed by atoms with Crippen molar-refractivity contribution in [2.24, 2.45) is 5.73 Å². The molecule has 2 aliphatic carbocycles. The Balaban J connectivity index is 2.15. The Morgan fingerprint density at radius 3 is 2.34 bits per heavy atom. The Kier molecular flexibility index (Phi) is 7.04. The van der Waals surface area contributed by atoms with Gasteiger partial charge in [0.05, 0.1) is 18.2 Å². The van der Waals surface area contributed by atoms with Crippen molar-refractivity contribution < 1.29 is 22.7 Å². The number of ether oxygens (including phenoxy) is 1. The number of hydrogen-bond donors (Lipinski definition) is 2. The molecular formula is C21H29F3N2O2S. The third kappa shape index (κ3) is 4.68. The molecule has 3 rings (SSSR count). The lowest BCUT2D eigenvalue weighted by atomic mass is 9.76. The molecule has 1 amide bonds. The van der Waals surface area contributed by atoms with E-state index in [1.807, 2.05) is 0 Å². The molecule has 162 valence electrons. The lowest BCUT2D eigenvalue weighted by Crippen LogP contribution is -2.43. The van der Waals surface area contributed by atoms with E-state index in [-0.39, 0.29) is 33.7 Å². The van der Waals surface area contributed by atoms with Crippen LogP contribution < -0.4 is 15.8 Å². The van der Waals surface area contributed by atoms with Crippen LogP contribution in [-0.2, 0) is 6.18 Å². The number of carbonyl (C=O) groups excluding carboxylic acids is 1. The van der Waals surface area contributed by atoms with Crippen molar-refractivity contribution in [3.8, 4) is 5.75 Å². The highest BCUT2D eigenvalue weighted by molar-refractivity contribution is 7.98. The summed E-state index contributed by atoms with van der Waals surface area (Å²) in [6.45, 7) is 0. The fourth-order valence-electron chi connectivity index (χ4n) is 4.93. The van der Waals surface area contributed by atoms with Crippen LogP contribution in [0.25, 0.3) is 0 Å². The number of primary amides is 1. The molecular weight excluding hydrogens is 401 g/mol. The van der Waals surface area contributed by atoms with Gasteiger partial charge in [-0.2, -0.15) is 13.2 Å². The SMILES string of the molecule is COc1c(C(N)=O)c(SC)cc(C(F)(F)F)c1C1CCCCC1NC1CCCC1. The largest absolute Gasteiger partial charge is 0.496 e. The summed E-state index contributed by atoms with van der Waals surface area (Å²) in [6.07, 6.45) is 4.79. The van der Waals surface area contributed by atoms with E-state index >= 15 is 0 Å². The Morgan fingerprint density at radius 1 is 1.17 bits per heavy atom. The molecule has 0 heterocycles. The molecule has 0 saturated heterocycles. The molecule has 2 atom stereocenters. The molecule has 0 aromatic heterocycles. The van der Waals surface area contributed by atoms with E-state index in [0.717, 1.165) is 62.8 Å². The van der Waals surface area contributed by atoms with E-state index in [4.69, 9.17) is 10.5 Å². The first kappa shape index (κ1) is 22.3. The van der Waals surface area contributed by atoms with Gasteiger partial charge in [0.25, 0.3) is 5.91 Å². The number of amides is 1. The molecule has 0 spiro atoms. The van der Waals surface area contributed by atoms with Crippen molar-refractivity contribution in [3.05, 3.63) is 22.8 Å². The standard InChI is InChI=1S/C21H29F3N2O2S/c1-28-19-17(13-9-5-6-10-15(13)26-12-7-3-4-8-12)14(21(22,23)24)11-16(29-2)18(19)20(25)27/h11-13,15,26H,3-10H2,1-2H3,(H2,25,27). The van der Waals surface area contributed by atoms with Crippen LogP contribution in [0.4, 0.5) is 13.2 Å². The number of alkyl halides is 3. The van der Waals surface area contributed by atoms with Gasteiger partial charge in [-0.1, -0.05) is 25.7 Å². The fourth-order valence-corrected chi connectivity index (χ4v) is 5.56. The highest BCUT2D eigenvalue weighted by Crippen LogP contribution is 2.48. The first-order valence-corrected chi connectivity index (χ1v) is 11.4. The Morgan fingerprint density at radius 2 is 1.79 bits per heavy atom. The zero-order valence-corrected chi connectivity index (χ0v) is 17.7. The van der Waals surface area contributed by atoms with Crippen LogP contribution in [-0.4, -0.2) is 31.4 Å². The van der Waals surface area contributed by atoms with Crippen LogP contribution in [0.15, 0.2) is 11.0 Å². The normalized spacial score (nSPS) is 23.3. The van der Waals surface area contributed by atoms with Crippen molar-refractivity contribution >= 4 is 17.7 Å². The predicted molar refractivity (Wildman–Crippen MR) is 109 cm³/mol. The Hall–Kier alpha value is -1.41. The zero-order chi connectivity index (χ0) is 21.2. The number of methoxy groups -OCH3 is 1. The molecule has 2 unspecified atom stereocenters. The molecule has 29 heavy (non-hydrogen) atoms. The third-order valence-corrected chi connectivity index (χ3v) is 6.96. The monoisotopic (exact) mass is 430 g/mol. The number of hydrogen-bond acceptors (Lipinski definition) is 4. The van der Waals surface area contributed by atoms with Gasteiger partial charge >= 0.3 is 6.18 Å². The maximum absolute atomic E-state index is 14.1. The van der Waals surface area contributed by atoms with E-state index in [9.17, 15) is 18.0 Å². The summed E-state index contributed by atoms with van der Waals surface area (Å²) >= 11 is 1.07. The minimum Gasteiger partial charge on any atom is -0.496 e. The van der Waals surface area contributed by atoms with Crippen LogP contribution in [0.2, 0.25) is 0 Å². The maximum Gasteiger partial charge on any atom is 0.416 e. The molecule has 8 heteroatoms. The zero-order valence-electron chi connectivity index (χ0n) is 16.9. The van der Waals surface area contributed by atoms with Crippen LogP contribution in [0.5, 0.6) is 5.75 Å². The molecule has 2 fully saturated rings. The van der Waals surface area contributed by atoms with Crippen LogP contribution >= 0.6 is 11.8 Å².